The van der Waals surface area contributed by atoms with E-state index in [0.717, 1.165) is 84.9 Å². The predicted octanol–water partition coefficient (Wildman–Crippen LogP) is 8.77. The largest absolute Gasteiger partial charge is 0.268 e. The van der Waals surface area contributed by atoms with E-state index in [2.05, 4.69) is 56.1 Å². The smallest absolute Gasteiger partial charge is 0.264 e. The van der Waals surface area contributed by atoms with Crippen molar-refractivity contribution in [2.45, 2.75) is 0 Å². The van der Waals surface area contributed by atoms with E-state index in [1.54, 1.807) is 8.80 Å². The first-order valence-corrected chi connectivity index (χ1v) is 15.7. The standard InChI is InChI=1S/C36H14Br2N4O2/c37-21-13-19-28-18(35(43)42-26-8-4-2-6-24(26)40-34(19)42)12-10-16-30-22(38)14-20-27-17(11-9-15(31(27)30)29(21)32(16)28)33-39-23-5-1-3-7-25(23)41(33)36(20)44/h1-14H. The first-order chi connectivity index (χ1) is 21.5. The number of hydrogen-bond donors (Lipinski definition) is 0. The highest BCUT2D eigenvalue weighted by Gasteiger charge is 2.26. The van der Waals surface area contributed by atoms with Gasteiger partial charge in [0.1, 0.15) is 11.3 Å². The minimum atomic E-state index is -0.0924. The van der Waals surface area contributed by atoms with Crippen molar-refractivity contribution >= 4 is 130 Å². The van der Waals surface area contributed by atoms with Gasteiger partial charge in [-0.15, -0.1) is 0 Å². The number of hydrogen-bond acceptors (Lipinski definition) is 4. The van der Waals surface area contributed by atoms with Crippen LogP contribution in [0.25, 0.3) is 98.0 Å². The van der Waals surface area contributed by atoms with Gasteiger partial charge in [0.25, 0.3) is 11.1 Å². The van der Waals surface area contributed by atoms with Crippen molar-refractivity contribution in [1.82, 2.24) is 18.8 Å². The average molecular weight is 694 g/mol. The van der Waals surface area contributed by atoms with Crippen molar-refractivity contribution in [3.8, 4) is 0 Å². The van der Waals surface area contributed by atoms with Gasteiger partial charge in [-0.2, -0.15) is 0 Å². The van der Waals surface area contributed by atoms with Crippen LogP contribution in [0.5, 0.6) is 0 Å². The molecule has 0 amide bonds. The molecule has 44 heavy (non-hydrogen) atoms. The first-order valence-electron chi connectivity index (χ1n) is 14.2. The summed E-state index contributed by atoms with van der Waals surface area (Å²) < 4.78 is 5.20. The van der Waals surface area contributed by atoms with E-state index in [-0.39, 0.29) is 11.1 Å². The molecule has 4 heterocycles. The molecule has 0 saturated heterocycles. The molecule has 0 aliphatic carbocycles. The molecule has 0 radical (unpaired) electrons. The molecule has 8 heteroatoms. The summed E-state index contributed by atoms with van der Waals surface area (Å²) >= 11 is 7.83. The molecule has 11 aromatic rings. The van der Waals surface area contributed by atoms with Crippen LogP contribution in [0.4, 0.5) is 0 Å². The molecule has 4 aromatic heterocycles. The second-order valence-corrected chi connectivity index (χ2v) is 13.2. The second-order valence-electron chi connectivity index (χ2n) is 11.5. The van der Waals surface area contributed by atoms with Crippen molar-refractivity contribution in [2.75, 3.05) is 0 Å². The molecule has 0 saturated carbocycles. The lowest BCUT2D eigenvalue weighted by molar-refractivity contribution is 1.19. The van der Waals surface area contributed by atoms with Crippen LogP contribution >= 0.6 is 31.9 Å². The van der Waals surface area contributed by atoms with Crippen LogP contribution in [0.2, 0.25) is 0 Å². The van der Waals surface area contributed by atoms with Crippen molar-refractivity contribution in [3.63, 3.8) is 0 Å². The summed E-state index contributed by atoms with van der Waals surface area (Å²) in [5.74, 6) is 0. The van der Waals surface area contributed by atoms with Crippen molar-refractivity contribution < 1.29 is 0 Å². The normalized spacial score (nSPS) is 13.0. The Bertz CT molecular complexity index is 3200. The lowest BCUT2D eigenvalue weighted by Gasteiger charge is -2.20. The van der Waals surface area contributed by atoms with E-state index in [9.17, 15) is 9.59 Å². The maximum absolute atomic E-state index is 14.2. The Balaban J connectivity index is 1.44. The zero-order valence-corrected chi connectivity index (χ0v) is 25.6. The van der Waals surface area contributed by atoms with Gasteiger partial charge in [0, 0.05) is 57.4 Å². The Morgan fingerprint density at radius 1 is 0.455 bits per heavy atom. The van der Waals surface area contributed by atoms with Crippen molar-refractivity contribution in [2.24, 2.45) is 0 Å². The monoisotopic (exact) mass is 692 g/mol. The van der Waals surface area contributed by atoms with Crippen LogP contribution in [-0.2, 0) is 0 Å². The van der Waals surface area contributed by atoms with E-state index < -0.39 is 0 Å². The van der Waals surface area contributed by atoms with Gasteiger partial charge in [-0.3, -0.25) is 18.4 Å². The van der Waals surface area contributed by atoms with Gasteiger partial charge >= 0.3 is 0 Å². The molecule has 0 aliphatic rings. The van der Waals surface area contributed by atoms with Crippen LogP contribution in [0, 0.1) is 0 Å². The summed E-state index contributed by atoms with van der Waals surface area (Å²) in [6.07, 6.45) is 0. The molecule has 0 bridgehead atoms. The van der Waals surface area contributed by atoms with E-state index >= 15 is 0 Å². The maximum Gasteiger partial charge on any atom is 0.264 e. The third-order valence-electron chi connectivity index (χ3n) is 9.48. The van der Waals surface area contributed by atoms with Gasteiger partial charge in [-0.05, 0) is 59.3 Å². The van der Waals surface area contributed by atoms with Crippen LogP contribution in [0.15, 0.2) is 103 Å². The number of imidazole rings is 2. The number of para-hydroxylation sites is 4. The Hall–Kier alpha value is -4.92. The van der Waals surface area contributed by atoms with Gasteiger partial charge in [-0.25, -0.2) is 9.97 Å². The topological polar surface area (TPSA) is 68.7 Å². The third-order valence-corrected chi connectivity index (χ3v) is 10.7. The Morgan fingerprint density at radius 3 is 1.52 bits per heavy atom. The Morgan fingerprint density at radius 2 is 0.909 bits per heavy atom. The van der Waals surface area contributed by atoms with Gasteiger partial charge in [0.05, 0.1) is 27.5 Å². The molecule has 7 aromatic carbocycles. The van der Waals surface area contributed by atoms with E-state index in [0.29, 0.717) is 22.1 Å². The van der Waals surface area contributed by atoms with Crippen molar-refractivity contribution in [1.29, 1.82) is 0 Å². The highest BCUT2D eigenvalue weighted by Crippen LogP contribution is 2.50. The molecule has 11 rings (SSSR count). The highest BCUT2D eigenvalue weighted by atomic mass is 79.9. The lowest BCUT2D eigenvalue weighted by atomic mass is 9.86. The molecular weight excluding hydrogens is 680 g/mol. The molecule has 0 spiro atoms. The first kappa shape index (κ1) is 23.5. The summed E-state index contributed by atoms with van der Waals surface area (Å²) in [4.78, 5) is 38.1. The zero-order chi connectivity index (χ0) is 29.2. The summed E-state index contributed by atoms with van der Waals surface area (Å²) in [7, 11) is 0. The summed E-state index contributed by atoms with van der Waals surface area (Å²) in [5, 5.41) is 11.0. The van der Waals surface area contributed by atoms with Crippen molar-refractivity contribution in [3.05, 3.63) is 115 Å². The molecule has 0 fully saturated rings. The number of aromatic nitrogens is 4. The SMILES string of the molecule is O=c1c2cc(Br)c3c4ccc5c(=O)n6c7ccccc7nc6c6cc(Br)c(c7ccc(c2c73)c2nc3ccccc3n12)c4c56. The van der Waals surface area contributed by atoms with Crippen LogP contribution in [0.3, 0.4) is 0 Å². The number of benzene rings is 7. The zero-order valence-electron chi connectivity index (χ0n) is 22.4. The highest BCUT2D eigenvalue weighted by molar-refractivity contribution is 9.11. The van der Waals surface area contributed by atoms with Gasteiger partial charge < -0.3 is 0 Å². The molecule has 204 valence electrons. The van der Waals surface area contributed by atoms with Gasteiger partial charge in [0.15, 0.2) is 0 Å². The van der Waals surface area contributed by atoms with Crippen LogP contribution < -0.4 is 11.1 Å². The van der Waals surface area contributed by atoms with Crippen LogP contribution in [0.1, 0.15) is 0 Å². The third kappa shape index (κ3) is 2.50. The van der Waals surface area contributed by atoms with E-state index in [1.807, 2.05) is 60.7 Å². The minimum absolute atomic E-state index is 0.0827. The molecule has 6 nitrogen and oxygen atoms in total. The quantitative estimate of drug-likeness (QED) is 0.118. The molecule has 0 N–H and O–H groups in total. The molecule has 0 aliphatic heterocycles. The predicted molar refractivity (Wildman–Crippen MR) is 185 cm³/mol. The second kappa shape index (κ2) is 7.59. The summed E-state index contributed by atoms with van der Waals surface area (Å²) in [6.45, 7) is 0. The van der Waals surface area contributed by atoms with Gasteiger partial charge in [-0.1, -0.05) is 68.3 Å². The fraction of sp³-hybridized carbons (Fsp3) is 0. The minimum Gasteiger partial charge on any atom is -0.268 e. The Labute approximate surface area is 262 Å². The average Bonchev–Trinajstić information content (AvgIpc) is 3.62. The summed E-state index contributed by atoms with van der Waals surface area (Å²) in [6, 6.07) is 27.8. The number of halogens is 2. The molecular formula is C36H14Br2N4O2. The summed E-state index contributed by atoms with van der Waals surface area (Å²) in [5.41, 5.74) is 4.29. The molecule has 0 atom stereocenters. The lowest BCUT2D eigenvalue weighted by Crippen LogP contribution is -2.14. The fourth-order valence-electron chi connectivity index (χ4n) is 7.78. The van der Waals surface area contributed by atoms with Gasteiger partial charge in [0.2, 0.25) is 0 Å². The number of nitrogens with zero attached hydrogens (tertiary/aromatic N) is 4. The number of pyridine rings is 2. The maximum atomic E-state index is 14.2. The fourth-order valence-corrected chi connectivity index (χ4v) is 9.06. The number of rotatable bonds is 0. The van der Waals surface area contributed by atoms with Crippen LogP contribution in [-0.4, -0.2) is 18.8 Å². The van der Waals surface area contributed by atoms with E-state index in [4.69, 9.17) is 9.97 Å². The molecule has 0 unspecified atom stereocenters. The van der Waals surface area contributed by atoms with E-state index in [1.165, 1.54) is 0 Å². The number of fused-ring (bicyclic) bond motifs is 10. The Kier molecular flexibility index (Phi) is 4.06.